The van der Waals surface area contributed by atoms with Gasteiger partial charge in [-0.05, 0) is 18.2 Å². The van der Waals surface area contributed by atoms with Gasteiger partial charge in [0.25, 0.3) is 0 Å². The van der Waals surface area contributed by atoms with Crippen LogP contribution in [0.1, 0.15) is 11.1 Å². The first-order valence-electron chi connectivity index (χ1n) is 3.95. The summed E-state index contributed by atoms with van der Waals surface area (Å²) in [5.74, 6) is 1.67. The highest BCUT2D eigenvalue weighted by Gasteiger charge is 1.92. The van der Waals surface area contributed by atoms with Crippen LogP contribution in [0, 0.1) is 0 Å². The molecule has 0 saturated heterocycles. The molecule has 74 valence electrons. The number of hydrogen-bond donors (Lipinski definition) is 3. The van der Waals surface area contributed by atoms with Crippen LogP contribution in [-0.2, 0) is 11.5 Å². The van der Waals surface area contributed by atoms with Crippen molar-refractivity contribution in [1.82, 2.24) is 0 Å². The van der Waals surface area contributed by atoms with Crippen LogP contribution in [0.5, 0.6) is 0 Å². The molecule has 0 fully saturated rings. The van der Waals surface area contributed by atoms with Crippen molar-refractivity contribution >= 4 is 24.6 Å². The molecule has 4 N–H and O–H groups in total. The summed E-state index contributed by atoms with van der Waals surface area (Å²) in [4.78, 5) is 0. The largest absolute Gasteiger partial charge is 0.333 e. The Balaban J connectivity index is 0.000000671. The van der Waals surface area contributed by atoms with E-state index in [1.54, 1.807) is 0 Å². The van der Waals surface area contributed by atoms with E-state index in [1.807, 2.05) is 6.07 Å². The van der Waals surface area contributed by atoms with Gasteiger partial charge in [0.05, 0.1) is 0 Å². The van der Waals surface area contributed by atoms with E-state index < -0.39 is 0 Å². The zero-order valence-electron chi connectivity index (χ0n) is 7.73. The molecule has 0 saturated carbocycles. The minimum absolute atomic E-state index is 0.795. The second kappa shape index (κ2) is 8.44. The van der Waals surface area contributed by atoms with Crippen LogP contribution < -0.4 is 10.9 Å². The number of rotatable bonds is 3. The molecular weight excluding hydrogens is 200 g/mol. The number of benzene rings is 1. The summed E-state index contributed by atoms with van der Waals surface area (Å²) in [6.07, 6.45) is 0. The molecule has 0 aliphatic carbocycles. The molecule has 0 bridgehead atoms. The molecule has 0 aliphatic heterocycles. The Bertz CT molecular complexity index is 229. The van der Waals surface area contributed by atoms with Crippen molar-refractivity contribution < 1.29 is 0 Å². The predicted octanol–water partition coefficient (Wildman–Crippen LogP) is 1.80. The monoisotopic (exact) mass is 216 g/mol. The maximum absolute atomic E-state index is 5.35. The van der Waals surface area contributed by atoms with Gasteiger partial charge in [0.2, 0.25) is 0 Å². The fourth-order valence-corrected chi connectivity index (χ4v) is 1.48. The highest BCUT2D eigenvalue weighted by Crippen LogP contribution is 2.10. The molecule has 1 aromatic carbocycles. The molecule has 2 nitrogen and oxygen atoms in total. The summed E-state index contributed by atoms with van der Waals surface area (Å²) in [6, 6.07) is 8.31. The number of hydrogen-bond acceptors (Lipinski definition) is 4. The lowest BCUT2D eigenvalue weighted by Crippen LogP contribution is -1.86. The number of nitrogens with two attached hydrogens (primary N) is 2. The van der Waals surface area contributed by atoms with Gasteiger partial charge in [0.1, 0.15) is 0 Å². The summed E-state index contributed by atoms with van der Waals surface area (Å²) in [7, 11) is 1.50. The minimum atomic E-state index is 0.795. The molecule has 0 heterocycles. The van der Waals surface area contributed by atoms with E-state index in [2.05, 4.69) is 36.6 Å². The molecule has 13 heavy (non-hydrogen) atoms. The Labute approximate surface area is 89.6 Å². The summed E-state index contributed by atoms with van der Waals surface area (Å²) in [6.45, 7) is 0. The lowest BCUT2D eigenvalue weighted by Gasteiger charge is -1.99. The molecule has 0 unspecified atom stereocenters. The van der Waals surface area contributed by atoms with Crippen LogP contribution in [-0.4, -0.2) is 7.05 Å². The van der Waals surface area contributed by atoms with Crippen LogP contribution in [0.3, 0.4) is 0 Å². The van der Waals surface area contributed by atoms with Crippen molar-refractivity contribution in [2.45, 2.75) is 11.5 Å². The van der Waals surface area contributed by atoms with Gasteiger partial charge >= 0.3 is 0 Å². The first kappa shape index (κ1) is 12.8. The van der Waals surface area contributed by atoms with E-state index in [-0.39, 0.29) is 0 Å². The fraction of sp³-hybridized carbons (Fsp3) is 0.333. The molecular formula is C9H16N2S2. The molecule has 0 amide bonds. The number of thiol groups is 1. The van der Waals surface area contributed by atoms with Crippen molar-refractivity contribution in [3.05, 3.63) is 35.4 Å². The van der Waals surface area contributed by atoms with Gasteiger partial charge in [0.15, 0.2) is 0 Å². The van der Waals surface area contributed by atoms with Gasteiger partial charge in [-0.1, -0.05) is 36.2 Å². The minimum Gasteiger partial charge on any atom is -0.333 e. The van der Waals surface area contributed by atoms with Crippen LogP contribution in [0.15, 0.2) is 24.3 Å². The molecule has 0 spiro atoms. The van der Waals surface area contributed by atoms with E-state index in [0.717, 1.165) is 11.5 Å². The molecule has 0 atom stereocenters. The summed E-state index contributed by atoms with van der Waals surface area (Å²) >= 11 is 5.54. The Kier molecular flexibility index (Phi) is 8.33. The standard InChI is InChI=1S/C8H11NS2.CH5N/c9-11-6-8-3-1-2-7(4-8)5-10;1-2/h1-4,10H,5-6,9H2;2H2,1H3. The quantitative estimate of drug-likeness (QED) is 0.533. The predicted molar refractivity (Wildman–Crippen MR) is 64.7 cm³/mol. The van der Waals surface area contributed by atoms with E-state index in [1.165, 1.54) is 30.1 Å². The average Bonchev–Trinajstić information content (AvgIpc) is 2.22. The highest BCUT2D eigenvalue weighted by molar-refractivity contribution is 7.96. The lowest BCUT2D eigenvalue weighted by molar-refractivity contribution is 1.33. The summed E-state index contributed by atoms with van der Waals surface area (Å²) < 4.78 is 0. The third kappa shape index (κ3) is 5.21. The molecule has 0 aromatic heterocycles. The normalized spacial score (nSPS) is 8.92. The van der Waals surface area contributed by atoms with E-state index in [4.69, 9.17) is 5.14 Å². The fourth-order valence-electron chi connectivity index (χ4n) is 0.914. The van der Waals surface area contributed by atoms with E-state index in [9.17, 15) is 0 Å². The van der Waals surface area contributed by atoms with Gasteiger partial charge in [-0.3, -0.25) is 5.14 Å². The van der Waals surface area contributed by atoms with Crippen LogP contribution in [0.25, 0.3) is 0 Å². The van der Waals surface area contributed by atoms with Crippen molar-refractivity contribution in [3.63, 3.8) is 0 Å². The topological polar surface area (TPSA) is 52.0 Å². The van der Waals surface area contributed by atoms with Gasteiger partial charge in [-0.2, -0.15) is 12.6 Å². The first-order chi connectivity index (χ1) is 6.36. The van der Waals surface area contributed by atoms with Crippen LogP contribution in [0.2, 0.25) is 0 Å². The SMILES string of the molecule is CN.NSCc1cccc(CS)c1. The maximum Gasteiger partial charge on any atom is 0.0328 e. The molecule has 4 heteroatoms. The zero-order chi connectivity index (χ0) is 10.1. The molecule has 0 aliphatic rings. The lowest BCUT2D eigenvalue weighted by atomic mass is 10.2. The van der Waals surface area contributed by atoms with Crippen molar-refractivity contribution in [1.29, 1.82) is 0 Å². The Morgan fingerprint density at radius 2 is 1.92 bits per heavy atom. The van der Waals surface area contributed by atoms with Crippen LogP contribution >= 0.6 is 24.6 Å². The Hall–Kier alpha value is -0.160. The highest BCUT2D eigenvalue weighted by atomic mass is 32.2. The van der Waals surface area contributed by atoms with Crippen molar-refractivity contribution in [2.24, 2.45) is 10.9 Å². The summed E-state index contributed by atoms with van der Waals surface area (Å²) in [5.41, 5.74) is 7.02. The Morgan fingerprint density at radius 3 is 2.46 bits per heavy atom. The Morgan fingerprint density at radius 1 is 1.31 bits per heavy atom. The summed E-state index contributed by atoms with van der Waals surface area (Å²) in [5, 5.41) is 5.35. The third-order valence-corrected chi connectivity index (χ3v) is 2.29. The third-order valence-electron chi connectivity index (χ3n) is 1.42. The first-order valence-corrected chi connectivity index (χ1v) is 5.63. The van der Waals surface area contributed by atoms with Gasteiger partial charge in [-0.25, -0.2) is 0 Å². The molecule has 1 aromatic rings. The maximum atomic E-state index is 5.35. The van der Waals surface area contributed by atoms with Crippen molar-refractivity contribution in [3.8, 4) is 0 Å². The van der Waals surface area contributed by atoms with E-state index >= 15 is 0 Å². The van der Waals surface area contributed by atoms with Gasteiger partial charge in [-0.15, -0.1) is 0 Å². The van der Waals surface area contributed by atoms with E-state index in [0.29, 0.717) is 0 Å². The molecule has 0 radical (unpaired) electrons. The molecule has 1 rings (SSSR count). The van der Waals surface area contributed by atoms with Crippen molar-refractivity contribution in [2.75, 3.05) is 7.05 Å². The smallest absolute Gasteiger partial charge is 0.0328 e. The average molecular weight is 216 g/mol. The van der Waals surface area contributed by atoms with Gasteiger partial charge in [0, 0.05) is 11.5 Å². The second-order valence-corrected chi connectivity index (χ2v) is 3.23. The van der Waals surface area contributed by atoms with Gasteiger partial charge < -0.3 is 5.73 Å². The zero-order valence-corrected chi connectivity index (χ0v) is 9.44. The van der Waals surface area contributed by atoms with Crippen LogP contribution in [0.4, 0.5) is 0 Å². The second-order valence-electron chi connectivity index (χ2n) is 2.29.